The molecule has 0 aromatic heterocycles. The molecule has 0 radical (unpaired) electrons. The first kappa shape index (κ1) is 14.2. The molecular formula is C11H10N3O5-. The van der Waals surface area contributed by atoms with Crippen LogP contribution in [0.15, 0.2) is 29.4 Å². The summed E-state index contributed by atoms with van der Waals surface area (Å²) in [5, 5.41) is 13.7. The highest BCUT2D eigenvalue weighted by Gasteiger charge is 2.05. The lowest BCUT2D eigenvalue weighted by Crippen LogP contribution is -2.32. The van der Waals surface area contributed by atoms with Crippen LogP contribution < -0.4 is 21.0 Å². The molecule has 19 heavy (non-hydrogen) atoms. The number of nitrogens with zero attached hydrogens (tertiary/aromatic N) is 1. The van der Waals surface area contributed by atoms with Gasteiger partial charge in [0, 0.05) is 0 Å². The van der Waals surface area contributed by atoms with Crippen molar-refractivity contribution in [1.82, 2.24) is 5.43 Å². The summed E-state index contributed by atoms with van der Waals surface area (Å²) in [4.78, 5) is 31.3. The van der Waals surface area contributed by atoms with E-state index in [2.05, 4.69) is 5.10 Å². The van der Waals surface area contributed by atoms with Crippen LogP contribution in [-0.2, 0) is 14.4 Å². The Labute approximate surface area is 107 Å². The van der Waals surface area contributed by atoms with Gasteiger partial charge in [0.05, 0.1) is 12.2 Å². The standard InChI is InChI=1S/C11H11N3O5/c12-10(17)11(18)14-13-5-7-1-3-8(4-2-7)19-6-9(15)16/h1-5H,6H2,(H2,12,17)(H,14,18)(H,15,16)/p-1/b13-5-. The second-order valence-corrected chi connectivity index (χ2v) is 3.29. The van der Waals surface area contributed by atoms with E-state index < -0.39 is 24.4 Å². The van der Waals surface area contributed by atoms with Crippen LogP contribution in [-0.4, -0.2) is 30.6 Å². The van der Waals surface area contributed by atoms with Crippen LogP contribution in [0.4, 0.5) is 0 Å². The van der Waals surface area contributed by atoms with Crippen LogP contribution in [0.3, 0.4) is 0 Å². The van der Waals surface area contributed by atoms with Gasteiger partial charge in [-0.2, -0.15) is 5.10 Å². The summed E-state index contributed by atoms with van der Waals surface area (Å²) in [6.45, 7) is -0.540. The zero-order valence-corrected chi connectivity index (χ0v) is 9.66. The third-order valence-corrected chi connectivity index (χ3v) is 1.84. The van der Waals surface area contributed by atoms with Crippen molar-refractivity contribution in [1.29, 1.82) is 0 Å². The summed E-state index contributed by atoms with van der Waals surface area (Å²) in [7, 11) is 0. The summed E-state index contributed by atoms with van der Waals surface area (Å²) in [5.41, 5.74) is 7.22. The number of aliphatic carboxylic acids is 1. The van der Waals surface area contributed by atoms with Gasteiger partial charge in [0.25, 0.3) is 0 Å². The molecule has 0 heterocycles. The van der Waals surface area contributed by atoms with E-state index in [-0.39, 0.29) is 0 Å². The number of ether oxygens (including phenoxy) is 1. The van der Waals surface area contributed by atoms with Crippen LogP contribution in [0.5, 0.6) is 5.75 Å². The van der Waals surface area contributed by atoms with E-state index in [0.29, 0.717) is 11.3 Å². The molecule has 1 rings (SSSR count). The van der Waals surface area contributed by atoms with Gasteiger partial charge in [-0.1, -0.05) is 0 Å². The first-order chi connectivity index (χ1) is 8.99. The lowest BCUT2D eigenvalue weighted by molar-refractivity contribution is -0.307. The van der Waals surface area contributed by atoms with E-state index in [1.54, 1.807) is 12.1 Å². The fourth-order valence-electron chi connectivity index (χ4n) is 1.01. The molecule has 1 aromatic rings. The van der Waals surface area contributed by atoms with Gasteiger partial charge in [0.2, 0.25) is 0 Å². The van der Waals surface area contributed by atoms with Gasteiger partial charge in [-0.25, -0.2) is 5.43 Å². The van der Waals surface area contributed by atoms with E-state index in [0.717, 1.165) is 0 Å². The molecule has 0 aliphatic heterocycles. The molecule has 0 aliphatic rings. The molecule has 8 heteroatoms. The average Bonchev–Trinajstić information content (AvgIpc) is 2.37. The number of carbonyl (C=O) groups excluding carboxylic acids is 3. The molecule has 0 spiro atoms. The minimum absolute atomic E-state index is 0.350. The molecule has 0 unspecified atom stereocenters. The quantitative estimate of drug-likeness (QED) is 0.352. The summed E-state index contributed by atoms with van der Waals surface area (Å²) in [6.07, 6.45) is 1.28. The lowest BCUT2D eigenvalue weighted by Gasteiger charge is -2.06. The number of nitrogens with two attached hydrogens (primary N) is 1. The van der Waals surface area contributed by atoms with Crippen LogP contribution in [0.2, 0.25) is 0 Å². The van der Waals surface area contributed by atoms with E-state index in [1.807, 2.05) is 5.43 Å². The van der Waals surface area contributed by atoms with Crippen LogP contribution >= 0.6 is 0 Å². The molecule has 0 saturated carbocycles. The number of rotatable bonds is 5. The average molecular weight is 264 g/mol. The van der Waals surface area contributed by atoms with E-state index in [1.165, 1.54) is 18.3 Å². The van der Waals surface area contributed by atoms with Crippen LogP contribution in [0.1, 0.15) is 5.56 Å². The van der Waals surface area contributed by atoms with Gasteiger partial charge in [0.1, 0.15) is 12.4 Å². The van der Waals surface area contributed by atoms with Crippen molar-refractivity contribution in [3.63, 3.8) is 0 Å². The van der Waals surface area contributed by atoms with Gasteiger partial charge in [-0.3, -0.25) is 9.59 Å². The minimum atomic E-state index is -1.32. The summed E-state index contributed by atoms with van der Waals surface area (Å²) >= 11 is 0. The number of hydrogen-bond donors (Lipinski definition) is 2. The molecule has 0 saturated heterocycles. The Hall–Kier alpha value is -2.90. The summed E-state index contributed by atoms with van der Waals surface area (Å²) < 4.78 is 4.86. The smallest absolute Gasteiger partial charge is 0.329 e. The van der Waals surface area contributed by atoms with Crippen molar-refractivity contribution in [3.05, 3.63) is 29.8 Å². The van der Waals surface area contributed by atoms with Crippen molar-refractivity contribution in [2.45, 2.75) is 0 Å². The Balaban J connectivity index is 2.52. The molecule has 0 bridgehead atoms. The minimum Gasteiger partial charge on any atom is -0.546 e. The number of amides is 2. The van der Waals surface area contributed by atoms with Gasteiger partial charge >= 0.3 is 11.8 Å². The highest BCUT2D eigenvalue weighted by atomic mass is 16.5. The third-order valence-electron chi connectivity index (χ3n) is 1.84. The molecule has 8 nitrogen and oxygen atoms in total. The summed E-state index contributed by atoms with van der Waals surface area (Å²) in [5.74, 6) is -3.13. The first-order valence-electron chi connectivity index (χ1n) is 5.04. The third kappa shape index (κ3) is 5.31. The maximum absolute atomic E-state index is 10.8. The molecule has 3 N–H and O–H groups in total. The van der Waals surface area contributed by atoms with Crippen LogP contribution in [0.25, 0.3) is 0 Å². The first-order valence-corrected chi connectivity index (χ1v) is 5.04. The SMILES string of the molecule is NC(=O)C(=O)N/N=C\c1ccc(OCC(=O)[O-])cc1. The Morgan fingerprint density at radius 3 is 2.47 bits per heavy atom. The molecule has 0 atom stereocenters. The van der Waals surface area contributed by atoms with Crippen molar-refractivity contribution in [3.8, 4) is 5.75 Å². The zero-order valence-electron chi connectivity index (χ0n) is 9.66. The maximum Gasteiger partial charge on any atom is 0.329 e. The fraction of sp³-hybridized carbons (Fsp3) is 0.0909. The Morgan fingerprint density at radius 2 is 1.95 bits per heavy atom. The summed E-state index contributed by atoms with van der Waals surface area (Å²) in [6, 6.07) is 6.18. The van der Waals surface area contributed by atoms with Crippen molar-refractivity contribution in [2.75, 3.05) is 6.61 Å². The lowest BCUT2D eigenvalue weighted by atomic mass is 10.2. The van der Waals surface area contributed by atoms with E-state index in [9.17, 15) is 19.5 Å². The van der Waals surface area contributed by atoms with E-state index >= 15 is 0 Å². The number of nitrogens with one attached hydrogen (secondary N) is 1. The van der Waals surface area contributed by atoms with Crippen LogP contribution in [0, 0.1) is 0 Å². The Bertz CT molecular complexity index is 510. The predicted molar refractivity (Wildman–Crippen MR) is 61.9 cm³/mol. The van der Waals surface area contributed by atoms with Crippen molar-refractivity contribution in [2.24, 2.45) is 10.8 Å². The monoisotopic (exact) mass is 264 g/mol. The van der Waals surface area contributed by atoms with Gasteiger partial charge in [-0.15, -0.1) is 0 Å². The number of benzene rings is 1. The number of carbonyl (C=O) groups is 3. The second kappa shape index (κ2) is 6.74. The molecule has 0 aliphatic carbocycles. The molecule has 1 aromatic carbocycles. The molecular weight excluding hydrogens is 254 g/mol. The normalized spacial score (nSPS) is 10.1. The fourth-order valence-corrected chi connectivity index (χ4v) is 1.01. The number of hydrogen-bond acceptors (Lipinski definition) is 6. The van der Waals surface area contributed by atoms with E-state index in [4.69, 9.17) is 10.5 Å². The highest BCUT2D eigenvalue weighted by Crippen LogP contribution is 2.10. The van der Waals surface area contributed by atoms with Crippen molar-refractivity contribution < 1.29 is 24.2 Å². The Morgan fingerprint density at radius 1 is 1.32 bits per heavy atom. The van der Waals surface area contributed by atoms with Gasteiger partial charge in [-0.05, 0) is 29.8 Å². The number of primary amides is 1. The van der Waals surface area contributed by atoms with Crippen molar-refractivity contribution >= 4 is 24.0 Å². The number of carboxylic acid groups (broad SMARTS) is 1. The molecule has 2 amide bonds. The second-order valence-electron chi connectivity index (χ2n) is 3.29. The Kier molecular flexibility index (Phi) is 5.03. The number of hydrazone groups is 1. The predicted octanol–water partition coefficient (Wildman–Crippen LogP) is -2.25. The largest absolute Gasteiger partial charge is 0.546 e. The number of carboxylic acids is 1. The molecule has 100 valence electrons. The maximum atomic E-state index is 10.8. The highest BCUT2D eigenvalue weighted by molar-refractivity contribution is 6.34. The van der Waals surface area contributed by atoms with Gasteiger partial charge in [0.15, 0.2) is 0 Å². The zero-order chi connectivity index (χ0) is 14.3. The van der Waals surface area contributed by atoms with Gasteiger partial charge < -0.3 is 20.4 Å². The molecule has 0 fully saturated rings. The topological polar surface area (TPSA) is 134 Å².